The average Bonchev–Trinajstić information content (AvgIpc) is 3.14. The van der Waals surface area contributed by atoms with Gasteiger partial charge in [-0.2, -0.15) is 0 Å². The van der Waals surface area contributed by atoms with E-state index in [1.165, 1.54) is 6.42 Å². The lowest BCUT2D eigenvalue weighted by Crippen LogP contribution is -2.44. The third-order valence-corrected chi connectivity index (χ3v) is 4.58. The molecule has 0 spiro atoms. The Bertz CT molecular complexity index is 637. The number of likely N-dealkylation sites (tertiary alicyclic amines) is 1. The molecule has 2 heterocycles. The Morgan fingerprint density at radius 1 is 1.29 bits per heavy atom. The van der Waals surface area contributed by atoms with Crippen molar-refractivity contribution in [2.24, 2.45) is 0 Å². The zero-order chi connectivity index (χ0) is 16.8. The summed E-state index contributed by atoms with van der Waals surface area (Å²) in [7, 11) is 0. The largest absolute Gasteiger partial charge is 0.494 e. The number of carbonyl (C=O) groups excluding carboxylic acids is 1. The topological polar surface area (TPSA) is 47.4 Å². The van der Waals surface area contributed by atoms with Crippen molar-refractivity contribution in [1.82, 2.24) is 14.5 Å². The summed E-state index contributed by atoms with van der Waals surface area (Å²) in [6.07, 6.45) is 9.94. The summed E-state index contributed by atoms with van der Waals surface area (Å²) in [5.74, 6) is 0.942. The Morgan fingerprint density at radius 3 is 2.83 bits per heavy atom. The number of rotatable bonds is 6. The molecule has 0 saturated carbocycles. The van der Waals surface area contributed by atoms with E-state index in [2.05, 4.69) is 14.5 Å². The third kappa shape index (κ3) is 3.96. The number of nitrogens with zero attached hydrogens (tertiary/aromatic N) is 3. The normalized spacial score (nSPS) is 17.7. The van der Waals surface area contributed by atoms with E-state index in [0.717, 1.165) is 43.7 Å². The number of aromatic nitrogens is 2. The molecule has 2 aromatic rings. The summed E-state index contributed by atoms with van der Waals surface area (Å²) in [5.41, 5.74) is 0.744. The van der Waals surface area contributed by atoms with E-state index in [1.807, 2.05) is 43.7 Å². The third-order valence-electron chi connectivity index (χ3n) is 4.58. The van der Waals surface area contributed by atoms with Crippen LogP contribution in [0.25, 0.3) is 0 Å². The van der Waals surface area contributed by atoms with Gasteiger partial charge >= 0.3 is 0 Å². The molecule has 1 saturated heterocycles. The van der Waals surface area contributed by atoms with E-state index in [-0.39, 0.29) is 5.91 Å². The quantitative estimate of drug-likeness (QED) is 0.817. The highest BCUT2D eigenvalue weighted by molar-refractivity contribution is 5.94. The average molecular weight is 327 g/mol. The van der Waals surface area contributed by atoms with Gasteiger partial charge in [0.05, 0.1) is 12.9 Å². The summed E-state index contributed by atoms with van der Waals surface area (Å²) in [6.45, 7) is 4.34. The summed E-state index contributed by atoms with van der Waals surface area (Å²) in [5, 5.41) is 0. The number of aryl methyl sites for hydroxylation is 1. The minimum Gasteiger partial charge on any atom is -0.494 e. The number of ether oxygens (including phenoxy) is 1. The summed E-state index contributed by atoms with van der Waals surface area (Å²) >= 11 is 0. The van der Waals surface area contributed by atoms with Crippen molar-refractivity contribution >= 4 is 5.91 Å². The molecule has 1 atom stereocenters. The van der Waals surface area contributed by atoms with Crippen LogP contribution in [0, 0.1) is 0 Å². The van der Waals surface area contributed by atoms with Gasteiger partial charge in [-0.3, -0.25) is 4.79 Å². The number of hydrogen-bond donors (Lipinski definition) is 0. The fourth-order valence-electron chi connectivity index (χ4n) is 3.31. The van der Waals surface area contributed by atoms with Crippen molar-refractivity contribution < 1.29 is 9.53 Å². The molecule has 0 radical (unpaired) electrons. The van der Waals surface area contributed by atoms with Crippen LogP contribution in [0.1, 0.15) is 43.0 Å². The van der Waals surface area contributed by atoms with Gasteiger partial charge in [0, 0.05) is 37.1 Å². The standard InChI is InChI=1S/C19H25N3O2/c1-2-24-18-8-6-16(7-9-18)19(23)22-12-4-3-5-17(22)10-13-21-14-11-20-15-21/h6-9,11,14-15,17H,2-5,10,12-13H2,1H3/t17-/m0/s1. The first-order valence-corrected chi connectivity index (χ1v) is 8.77. The van der Waals surface area contributed by atoms with Crippen molar-refractivity contribution in [1.29, 1.82) is 0 Å². The highest BCUT2D eigenvalue weighted by Crippen LogP contribution is 2.23. The molecule has 3 rings (SSSR count). The van der Waals surface area contributed by atoms with Crippen LogP contribution in [0.15, 0.2) is 43.0 Å². The molecule has 1 aliphatic rings. The van der Waals surface area contributed by atoms with Crippen LogP contribution in [-0.4, -0.2) is 39.6 Å². The van der Waals surface area contributed by atoms with Gasteiger partial charge in [-0.15, -0.1) is 0 Å². The van der Waals surface area contributed by atoms with E-state index in [0.29, 0.717) is 12.6 Å². The number of piperidine rings is 1. The molecule has 5 heteroatoms. The Labute approximate surface area is 143 Å². The second-order valence-corrected chi connectivity index (χ2v) is 6.19. The van der Waals surface area contributed by atoms with Crippen LogP contribution in [0.2, 0.25) is 0 Å². The number of amides is 1. The zero-order valence-electron chi connectivity index (χ0n) is 14.2. The predicted molar refractivity (Wildman–Crippen MR) is 93.1 cm³/mol. The fourth-order valence-corrected chi connectivity index (χ4v) is 3.31. The molecule has 128 valence electrons. The Hall–Kier alpha value is -2.30. The Morgan fingerprint density at radius 2 is 2.12 bits per heavy atom. The first-order valence-electron chi connectivity index (χ1n) is 8.77. The highest BCUT2D eigenvalue weighted by atomic mass is 16.5. The van der Waals surface area contributed by atoms with Gasteiger partial charge in [0.15, 0.2) is 0 Å². The van der Waals surface area contributed by atoms with E-state index >= 15 is 0 Å². The molecule has 0 bridgehead atoms. The van der Waals surface area contributed by atoms with Gasteiger partial charge in [0.25, 0.3) is 5.91 Å². The second kappa shape index (κ2) is 7.99. The van der Waals surface area contributed by atoms with Gasteiger partial charge in [-0.25, -0.2) is 4.98 Å². The molecular formula is C19H25N3O2. The molecule has 0 N–H and O–H groups in total. The SMILES string of the molecule is CCOc1ccc(C(=O)N2CCCC[C@H]2CCn2ccnc2)cc1. The first-order chi connectivity index (χ1) is 11.8. The number of benzene rings is 1. The van der Waals surface area contributed by atoms with E-state index in [4.69, 9.17) is 4.74 Å². The summed E-state index contributed by atoms with van der Waals surface area (Å²) < 4.78 is 7.53. The van der Waals surface area contributed by atoms with Crippen LogP contribution < -0.4 is 4.74 Å². The van der Waals surface area contributed by atoms with Crippen molar-refractivity contribution in [2.75, 3.05) is 13.2 Å². The predicted octanol–water partition coefficient (Wildman–Crippen LogP) is 3.37. The van der Waals surface area contributed by atoms with Crippen molar-refractivity contribution in [3.8, 4) is 5.75 Å². The van der Waals surface area contributed by atoms with Gasteiger partial charge in [0.2, 0.25) is 0 Å². The zero-order valence-corrected chi connectivity index (χ0v) is 14.2. The highest BCUT2D eigenvalue weighted by Gasteiger charge is 2.27. The van der Waals surface area contributed by atoms with Gasteiger partial charge in [-0.05, 0) is 56.9 Å². The van der Waals surface area contributed by atoms with Crippen LogP contribution in [0.4, 0.5) is 0 Å². The van der Waals surface area contributed by atoms with Crippen LogP contribution in [-0.2, 0) is 6.54 Å². The number of hydrogen-bond acceptors (Lipinski definition) is 3. The number of imidazole rings is 1. The minimum absolute atomic E-state index is 0.133. The molecule has 0 unspecified atom stereocenters. The maximum Gasteiger partial charge on any atom is 0.254 e. The molecular weight excluding hydrogens is 302 g/mol. The molecule has 1 amide bonds. The maximum atomic E-state index is 12.9. The Balaban J connectivity index is 1.66. The van der Waals surface area contributed by atoms with Gasteiger partial charge in [0.1, 0.15) is 5.75 Å². The minimum atomic E-state index is 0.133. The molecule has 0 aliphatic carbocycles. The lowest BCUT2D eigenvalue weighted by Gasteiger charge is -2.36. The lowest BCUT2D eigenvalue weighted by atomic mass is 9.98. The van der Waals surface area contributed by atoms with Crippen LogP contribution >= 0.6 is 0 Å². The fraction of sp³-hybridized carbons (Fsp3) is 0.474. The number of carbonyl (C=O) groups is 1. The monoisotopic (exact) mass is 327 g/mol. The van der Waals surface area contributed by atoms with Crippen molar-refractivity contribution in [3.05, 3.63) is 48.5 Å². The summed E-state index contributed by atoms with van der Waals surface area (Å²) in [4.78, 5) is 19.0. The first kappa shape index (κ1) is 16.6. The molecule has 1 fully saturated rings. The maximum absolute atomic E-state index is 12.9. The molecule has 24 heavy (non-hydrogen) atoms. The summed E-state index contributed by atoms with van der Waals surface area (Å²) in [6, 6.07) is 7.80. The van der Waals surface area contributed by atoms with E-state index in [1.54, 1.807) is 6.20 Å². The Kier molecular flexibility index (Phi) is 5.51. The molecule has 1 aromatic heterocycles. The second-order valence-electron chi connectivity index (χ2n) is 6.19. The van der Waals surface area contributed by atoms with Crippen molar-refractivity contribution in [3.63, 3.8) is 0 Å². The van der Waals surface area contributed by atoms with E-state index in [9.17, 15) is 4.79 Å². The van der Waals surface area contributed by atoms with Crippen LogP contribution in [0.3, 0.4) is 0 Å². The molecule has 1 aliphatic heterocycles. The van der Waals surface area contributed by atoms with Gasteiger partial charge in [-0.1, -0.05) is 0 Å². The molecule has 1 aromatic carbocycles. The van der Waals surface area contributed by atoms with Gasteiger partial charge < -0.3 is 14.2 Å². The van der Waals surface area contributed by atoms with Crippen LogP contribution in [0.5, 0.6) is 5.75 Å². The smallest absolute Gasteiger partial charge is 0.254 e. The molecule has 5 nitrogen and oxygen atoms in total. The van der Waals surface area contributed by atoms with Crippen molar-refractivity contribution in [2.45, 2.75) is 45.2 Å². The van der Waals surface area contributed by atoms with E-state index < -0.39 is 0 Å². The lowest BCUT2D eigenvalue weighted by molar-refractivity contribution is 0.0595.